The molecule has 0 radical (unpaired) electrons. The standard InChI is InChI=1S/C18H24FN3/c1-3-9-20-11-14-13-6-5-7-16(19)18(13)21-17-8-10-22(4-2)12-15(14)17/h5-7,20H,3-4,8-12H2,1-2H3. The maximum absolute atomic E-state index is 14.2. The van der Waals surface area contributed by atoms with Crippen LogP contribution in [0.15, 0.2) is 18.2 Å². The molecule has 0 bridgehead atoms. The molecule has 0 spiro atoms. The van der Waals surface area contributed by atoms with Crippen molar-refractivity contribution in [2.24, 2.45) is 0 Å². The number of halogens is 1. The van der Waals surface area contributed by atoms with Gasteiger partial charge < -0.3 is 5.32 Å². The third-order valence-corrected chi connectivity index (χ3v) is 4.49. The number of nitrogens with zero attached hydrogens (tertiary/aromatic N) is 2. The van der Waals surface area contributed by atoms with Crippen molar-refractivity contribution in [3.8, 4) is 0 Å². The number of benzene rings is 1. The molecule has 0 saturated carbocycles. The summed E-state index contributed by atoms with van der Waals surface area (Å²) in [4.78, 5) is 7.07. The summed E-state index contributed by atoms with van der Waals surface area (Å²) in [6, 6.07) is 5.29. The lowest BCUT2D eigenvalue weighted by Crippen LogP contribution is -2.32. The van der Waals surface area contributed by atoms with Gasteiger partial charge >= 0.3 is 0 Å². The van der Waals surface area contributed by atoms with E-state index in [1.54, 1.807) is 6.07 Å². The van der Waals surface area contributed by atoms with E-state index >= 15 is 0 Å². The Hall–Kier alpha value is -1.52. The predicted molar refractivity (Wildman–Crippen MR) is 88.4 cm³/mol. The Balaban J connectivity index is 2.11. The SMILES string of the molecule is CCCNCc1c2c(nc3c(F)cccc13)CCN(CC)C2. The van der Waals surface area contributed by atoms with Gasteiger partial charge in [0.05, 0.1) is 0 Å². The Bertz CT molecular complexity index is 669. The van der Waals surface area contributed by atoms with Crippen LogP contribution in [0.2, 0.25) is 0 Å². The molecule has 3 rings (SSSR count). The predicted octanol–water partition coefficient (Wildman–Crippen LogP) is 3.25. The van der Waals surface area contributed by atoms with E-state index in [0.717, 1.165) is 56.6 Å². The second-order valence-corrected chi connectivity index (χ2v) is 5.95. The van der Waals surface area contributed by atoms with Gasteiger partial charge in [0.1, 0.15) is 11.3 Å². The summed E-state index contributed by atoms with van der Waals surface area (Å²) >= 11 is 0. The normalized spacial score (nSPS) is 15.2. The minimum absolute atomic E-state index is 0.213. The average molecular weight is 301 g/mol. The van der Waals surface area contributed by atoms with Gasteiger partial charge in [-0.3, -0.25) is 4.90 Å². The molecule has 0 unspecified atom stereocenters. The van der Waals surface area contributed by atoms with Gasteiger partial charge in [0, 0.05) is 37.1 Å². The molecule has 3 nitrogen and oxygen atoms in total. The largest absolute Gasteiger partial charge is 0.313 e. The molecule has 1 aromatic carbocycles. The highest BCUT2D eigenvalue weighted by molar-refractivity contribution is 5.84. The fraction of sp³-hybridized carbons (Fsp3) is 0.500. The fourth-order valence-electron chi connectivity index (χ4n) is 3.23. The van der Waals surface area contributed by atoms with E-state index < -0.39 is 0 Å². The zero-order chi connectivity index (χ0) is 15.5. The van der Waals surface area contributed by atoms with Gasteiger partial charge in [-0.05, 0) is 36.7 Å². The van der Waals surface area contributed by atoms with Crippen molar-refractivity contribution in [3.63, 3.8) is 0 Å². The van der Waals surface area contributed by atoms with Gasteiger partial charge in [-0.25, -0.2) is 9.37 Å². The summed E-state index contributed by atoms with van der Waals surface area (Å²) in [6.07, 6.45) is 2.01. The molecule has 0 atom stereocenters. The van der Waals surface area contributed by atoms with Crippen LogP contribution in [0.25, 0.3) is 10.9 Å². The molecule has 1 aliphatic rings. The van der Waals surface area contributed by atoms with Gasteiger partial charge in [-0.1, -0.05) is 26.0 Å². The van der Waals surface area contributed by atoms with Crippen molar-refractivity contribution in [3.05, 3.63) is 40.8 Å². The molecule has 0 saturated heterocycles. The molecule has 118 valence electrons. The molecule has 0 amide bonds. The molecular formula is C18H24FN3. The Labute approximate surface area is 131 Å². The minimum atomic E-state index is -0.213. The van der Waals surface area contributed by atoms with Crippen molar-refractivity contribution < 1.29 is 4.39 Å². The Kier molecular flexibility index (Phi) is 4.69. The highest BCUT2D eigenvalue weighted by Gasteiger charge is 2.22. The third-order valence-electron chi connectivity index (χ3n) is 4.49. The lowest BCUT2D eigenvalue weighted by molar-refractivity contribution is 0.265. The summed E-state index contributed by atoms with van der Waals surface area (Å²) in [5, 5.41) is 4.44. The molecule has 1 aliphatic heterocycles. The summed E-state index contributed by atoms with van der Waals surface area (Å²) in [6.45, 7) is 9.09. The first-order chi connectivity index (χ1) is 10.7. The van der Waals surface area contributed by atoms with E-state index in [1.165, 1.54) is 17.2 Å². The van der Waals surface area contributed by atoms with E-state index in [4.69, 9.17) is 0 Å². The number of rotatable bonds is 5. The van der Waals surface area contributed by atoms with E-state index in [-0.39, 0.29) is 5.82 Å². The van der Waals surface area contributed by atoms with Gasteiger partial charge in [0.15, 0.2) is 0 Å². The van der Waals surface area contributed by atoms with Crippen LogP contribution in [0.3, 0.4) is 0 Å². The average Bonchev–Trinajstić information content (AvgIpc) is 2.55. The Morgan fingerprint density at radius 3 is 2.95 bits per heavy atom. The zero-order valence-corrected chi connectivity index (χ0v) is 13.5. The Morgan fingerprint density at radius 2 is 2.18 bits per heavy atom. The molecular weight excluding hydrogens is 277 g/mol. The van der Waals surface area contributed by atoms with Crippen LogP contribution in [-0.4, -0.2) is 29.5 Å². The van der Waals surface area contributed by atoms with Crippen molar-refractivity contribution in [2.45, 2.75) is 39.8 Å². The second-order valence-electron chi connectivity index (χ2n) is 5.95. The highest BCUT2D eigenvalue weighted by Crippen LogP contribution is 2.29. The molecule has 0 aliphatic carbocycles. The zero-order valence-electron chi connectivity index (χ0n) is 13.5. The smallest absolute Gasteiger partial charge is 0.149 e. The van der Waals surface area contributed by atoms with Crippen molar-refractivity contribution in [2.75, 3.05) is 19.6 Å². The number of pyridine rings is 1. The summed E-state index contributed by atoms with van der Waals surface area (Å²) in [5.74, 6) is -0.213. The first-order valence-corrected chi connectivity index (χ1v) is 8.26. The van der Waals surface area contributed by atoms with Gasteiger partial charge in [0.25, 0.3) is 0 Å². The molecule has 22 heavy (non-hydrogen) atoms. The Morgan fingerprint density at radius 1 is 1.32 bits per heavy atom. The van der Waals surface area contributed by atoms with Gasteiger partial charge in [0.2, 0.25) is 0 Å². The summed E-state index contributed by atoms with van der Waals surface area (Å²) in [5.41, 5.74) is 4.14. The number of likely N-dealkylation sites (N-methyl/N-ethyl adjacent to an activating group) is 1. The van der Waals surface area contributed by atoms with Crippen LogP contribution in [0.4, 0.5) is 4.39 Å². The van der Waals surface area contributed by atoms with Crippen LogP contribution < -0.4 is 5.32 Å². The number of para-hydroxylation sites is 1. The van der Waals surface area contributed by atoms with Crippen LogP contribution in [-0.2, 0) is 19.5 Å². The molecule has 0 fully saturated rings. The van der Waals surface area contributed by atoms with E-state index in [9.17, 15) is 4.39 Å². The maximum atomic E-state index is 14.2. The summed E-state index contributed by atoms with van der Waals surface area (Å²) in [7, 11) is 0. The van der Waals surface area contributed by atoms with Crippen LogP contribution in [0, 0.1) is 5.82 Å². The number of fused-ring (bicyclic) bond motifs is 2. The van der Waals surface area contributed by atoms with E-state index in [0.29, 0.717) is 5.52 Å². The lowest BCUT2D eigenvalue weighted by Gasteiger charge is -2.29. The maximum Gasteiger partial charge on any atom is 0.149 e. The molecule has 1 aromatic heterocycles. The monoisotopic (exact) mass is 301 g/mol. The van der Waals surface area contributed by atoms with Crippen molar-refractivity contribution in [1.29, 1.82) is 0 Å². The fourth-order valence-corrected chi connectivity index (χ4v) is 3.23. The first kappa shape index (κ1) is 15.4. The molecule has 2 aromatic rings. The van der Waals surface area contributed by atoms with E-state index in [2.05, 4.69) is 29.0 Å². The van der Waals surface area contributed by atoms with E-state index in [1.807, 2.05) is 6.07 Å². The molecule has 1 N–H and O–H groups in total. The lowest BCUT2D eigenvalue weighted by atomic mass is 9.95. The number of nitrogens with one attached hydrogen (secondary N) is 1. The summed E-state index contributed by atoms with van der Waals surface area (Å²) < 4.78 is 14.2. The number of hydrogen-bond donors (Lipinski definition) is 1. The molecule has 2 heterocycles. The topological polar surface area (TPSA) is 28.2 Å². The minimum Gasteiger partial charge on any atom is -0.313 e. The van der Waals surface area contributed by atoms with Crippen LogP contribution >= 0.6 is 0 Å². The number of aromatic nitrogens is 1. The second kappa shape index (κ2) is 6.71. The van der Waals surface area contributed by atoms with Crippen molar-refractivity contribution >= 4 is 10.9 Å². The van der Waals surface area contributed by atoms with Crippen LogP contribution in [0.1, 0.15) is 37.1 Å². The molecule has 4 heteroatoms. The van der Waals surface area contributed by atoms with Gasteiger partial charge in [-0.2, -0.15) is 0 Å². The quantitative estimate of drug-likeness (QED) is 0.859. The van der Waals surface area contributed by atoms with Crippen molar-refractivity contribution in [1.82, 2.24) is 15.2 Å². The third kappa shape index (κ3) is 2.85. The van der Waals surface area contributed by atoms with Crippen LogP contribution in [0.5, 0.6) is 0 Å². The highest BCUT2D eigenvalue weighted by atomic mass is 19.1. The van der Waals surface area contributed by atoms with Gasteiger partial charge in [-0.15, -0.1) is 0 Å². The first-order valence-electron chi connectivity index (χ1n) is 8.26. The number of hydrogen-bond acceptors (Lipinski definition) is 3.